The summed E-state index contributed by atoms with van der Waals surface area (Å²) in [6.45, 7) is 24.1. The van der Waals surface area contributed by atoms with E-state index in [0.717, 1.165) is 10.4 Å². The lowest BCUT2D eigenvalue weighted by Crippen LogP contribution is -2.67. The largest absolute Gasteiger partial charge is 0.459 e. The molecule has 17 heteroatoms. The lowest BCUT2D eigenvalue weighted by Gasteiger charge is -2.49. The number of aliphatic hydroxyl groups is 4. The number of carbonyl (C=O) groups excluding carboxylic acids is 2. The van der Waals surface area contributed by atoms with Crippen LogP contribution in [0.15, 0.2) is 60.7 Å². The van der Waals surface area contributed by atoms with E-state index in [0.29, 0.717) is 13.0 Å². The quantitative estimate of drug-likeness (QED) is 0.154. The van der Waals surface area contributed by atoms with Crippen LogP contribution >= 0.6 is 0 Å². The van der Waals surface area contributed by atoms with E-state index in [4.69, 9.17) is 37.6 Å². The maximum Gasteiger partial charge on any atom is 0.331 e. The Morgan fingerprint density at radius 2 is 1.44 bits per heavy atom. The second-order valence-electron chi connectivity index (χ2n) is 23.6. The fraction of sp³-hybridized carbons (Fsp3) is 0.750. The van der Waals surface area contributed by atoms with Gasteiger partial charge in [-0.05, 0) is 110 Å². The summed E-state index contributed by atoms with van der Waals surface area (Å²) in [5.41, 5.74) is -4.61. The molecule has 0 saturated carbocycles. The number of ether oxygens (including phenoxy) is 7. The molecule has 4 unspecified atom stereocenters. The number of nitrogens with zero attached hydrogens (tertiary/aromatic N) is 2. The number of aliphatic hydroxyl groups excluding tert-OH is 2. The van der Waals surface area contributed by atoms with E-state index in [2.05, 4.69) is 45.0 Å². The van der Waals surface area contributed by atoms with E-state index in [9.17, 15) is 30.0 Å². The number of methoxy groups -OCH3 is 1. The van der Waals surface area contributed by atoms with Crippen molar-refractivity contribution < 1.29 is 67.6 Å². The minimum atomic E-state index is -3.16. The molecule has 2 aromatic rings. The van der Waals surface area contributed by atoms with Crippen LogP contribution in [0.25, 0.3) is 0 Å². The first-order valence-electron chi connectivity index (χ1n) is 26.4. The molecular formula is C56H92N2O14Si. The van der Waals surface area contributed by atoms with Crippen molar-refractivity contribution in [3.8, 4) is 0 Å². The summed E-state index contributed by atoms with van der Waals surface area (Å²) in [5, 5.41) is 49.6. The molecule has 0 aromatic heterocycles. The van der Waals surface area contributed by atoms with E-state index in [1.165, 1.54) is 14.0 Å². The molecule has 73 heavy (non-hydrogen) atoms. The molecule has 5 rings (SSSR count). The first kappa shape index (κ1) is 61.0. The van der Waals surface area contributed by atoms with Gasteiger partial charge in [0.15, 0.2) is 18.7 Å². The van der Waals surface area contributed by atoms with Crippen molar-refractivity contribution in [1.82, 2.24) is 9.80 Å². The van der Waals surface area contributed by atoms with Gasteiger partial charge in [-0.3, -0.25) is 4.79 Å². The predicted octanol–water partition coefficient (Wildman–Crippen LogP) is 5.03. The number of likely N-dealkylation sites (N-methyl/N-ethyl adjacent to an activating group) is 2. The molecular weight excluding hydrogens is 953 g/mol. The van der Waals surface area contributed by atoms with Gasteiger partial charge in [-0.25, -0.2) is 4.79 Å². The first-order valence-corrected chi connectivity index (χ1v) is 28.4. The number of carbonyl (C=O) groups is 2. The average Bonchev–Trinajstić information content (AvgIpc) is 3.32. The molecule has 3 saturated heterocycles. The summed E-state index contributed by atoms with van der Waals surface area (Å²) in [6, 6.07) is 19.1. The third-order valence-electron chi connectivity index (χ3n) is 16.3. The van der Waals surface area contributed by atoms with Crippen molar-refractivity contribution in [2.75, 3.05) is 41.4 Å². The summed E-state index contributed by atoms with van der Waals surface area (Å²) in [7, 11) is 4.01. The van der Waals surface area contributed by atoms with Crippen LogP contribution in [0, 0.1) is 17.8 Å². The van der Waals surface area contributed by atoms with Crippen molar-refractivity contribution in [3.05, 3.63) is 60.7 Å². The minimum Gasteiger partial charge on any atom is -0.459 e. The van der Waals surface area contributed by atoms with Crippen molar-refractivity contribution >= 4 is 30.6 Å². The highest BCUT2D eigenvalue weighted by Gasteiger charge is 2.55. The summed E-state index contributed by atoms with van der Waals surface area (Å²) < 4.78 is 52.7. The highest BCUT2D eigenvalue weighted by atomic mass is 28.4. The Hall–Kier alpha value is -2.88. The van der Waals surface area contributed by atoms with Crippen LogP contribution in [0.1, 0.15) is 116 Å². The number of hydrogen-bond acceptors (Lipinski definition) is 16. The van der Waals surface area contributed by atoms with Crippen LogP contribution in [0.5, 0.6) is 0 Å². The average molecular weight is 1050 g/mol. The zero-order valence-corrected chi connectivity index (χ0v) is 47.9. The maximum absolute atomic E-state index is 14.7. The fourth-order valence-corrected chi connectivity index (χ4v) is 16.5. The van der Waals surface area contributed by atoms with Gasteiger partial charge in [0, 0.05) is 32.0 Å². The predicted molar refractivity (Wildman–Crippen MR) is 282 cm³/mol. The second-order valence-corrected chi connectivity index (χ2v) is 27.9. The molecule has 0 spiro atoms. The molecule has 2 aromatic carbocycles. The topological polar surface area (TPSA) is 195 Å². The van der Waals surface area contributed by atoms with Gasteiger partial charge in [-0.15, -0.1) is 0 Å². The Kier molecular flexibility index (Phi) is 20.6. The van der Waals surface area contributed by atoms with Crippen LogP contribution in [-0.4, -0.2) is 182 Å². The molecule has 3 heterocycles. The smallest absolute Gasteiger partial charge is 0.331 e. The summed E-state index contributed by atoms with van der Waals surface area (Å²) in [4.78, 5) is 33.2. The summed E-state index contributed by atoms with van der Waals surface area (Å²) in [5.74, 6) is -3.50. The van der Waals surface area contributed by atoms with Crippen LogP contribution in [0.2, 0.25) is 5.04 Å². The molecule has 0 bridgehead atoms. The van der Waals surface area contributed by atoms with Gasteiger partial charge in [0.1, 0.15) is 30.5 Å². The van der Waals surface area contributed by atoms with Crippen molar-refractivity contribution in [1.29, 1.82) is 0 Å². The van der Waals surface area contributed by atoms with Crippen LogP contribution in [0.3, 0.4) is 0 Å². The number of cyclic esters (lactones) is 1. The Morgan fingerprint density at radius 1 is 0.863 bits per heavy atom. The van der Waals surface area contributed by atoms with Gasteiger partial charge in [0.05, 0.1) is 47.6 Å². The second kappa shape index (κ2) is 24.6. The molecule has 0 radical (unpaired) electrons. The number of hydrogen-bond donors (Lipinski definition) is 4. The maximum atomic E-state index is 14.7. The lowest BCUT2D eigenvalue weighted by atomic mass is 9.77. The minimum absolute atomic E-state index is 0.0867. The van der Waals surface area contributed by atoms with Crippen LogP contribution < -0.4 is 10.4 Å². The molecule has 18 atom stereocenters. The van der Waals surface area contributed by atoms with Crippen molar-refractivity contribution in [3.63, 3.8) is 0 Å². The first-order chi connectivity index (χ1) is 33.9. The Balaban J connectivity index is 1.60. The normalized spacial score (nSPS) is 39.0. The van der Waals surface area contributed by atoms with Gasteiger partial charge in [0.2, 0.25) is 0 Å². The zero-order valence-electron chi connectivity index (χ0n) is 46.9. The molecule has 3 aliphatic heterocycles. The highest BCUT2D eigenvalue weighted by Crippen LogP contribution is 2.41. The Labute approximate surface area is 437 Å². The summed E-state index contributed by atoms with van der Waals surface area (Å²) in [6.07, 6.45) is -9.16. The van der Waals surface area contributed by atoms with Gasteiger partial charge < -0.3 is 67.8 Å². The lowest BCUT2D eigenvalue weighted by molar-refractivity contribution is -0.319. The molecule has 3 fully saturated rings. The zero-order chi connectivity index (χ0) is 54.6. The highest BCUT2D eigenvalue weighted by molar-refractivity contribution is 6.99. The Morgan fingerprint density at radius 3 is 1.96 bits per heavy atom. The van der Waals surface area contributed by atoms with E-state index in [-0.39, 0.29) is 37.9 Å². The monoisotopic (exact) mass is 1040 g/mol. The number of esters is 2. The van der Waals surface area contributed by atoms with Crippen LogP contribution in [-0.2, 0) is 47.2 Å². The standard InChI is InChI=1S/C56H92N2O14Si/c1-18-43-56(13,64)48(60)38(6)58(16)32-34(2)30-54(11,63)50(36(4)46(37(5)51(62)69-43)71-45-31-55(12,65-17)49(61)39(7)68-45)72-52-47(42(57(14)15)29-35(3)67-52)70-44(59)33-66-73(53(8,9)10,40-25-21-19-22-26-40)41-27-23-20-24-28-41/h19-28,34-39,42-43,45-50,52,60-61,63-64H,18,29-33H2,1-17H3/t34-,35?,36+,37-,38-,39+,42?,43-,45+,46+,47?,48-,49+,50-,52?,54-,55-,56-/m1/s1. The Bertz CT molecular complexity index is 2020. The third kappa shape index (κ3) is 13.6. The number of rotatable bonds is 13. The van der Waals surface area contributed by atoms with E-state index in [1.54, 1.807) is 41.5 Å². The van der Waals surface area contributed by atoms with Crippen molar-refractivity contribution in [2.24, 2.45) is 17.8 Å². The van der Waals surface area contributed by atoms with Gasteiger partial charge in [0.25, 0.3) is 8.32 Å². The molecule has 3 aliphatic rings. The van der Waals surface area contributed by atoms with E-state index in [1.807, 2.05) is 88.1 Å². The van der Waals surface area contributed by atoms with Crippen molar-refractivity contribution in [2.45, 2.75) is 211 Å². The SMILES string of the molecule is CC[C@H]1OC(=O)[C@H](C)[C@@H](O[C@H]2C[C@@](C)(OC)[C@@H](O)[C@H](C)O2)[C@H](C)[C@@H](OC2OC(C)CC(N(C)C)C2OC(=O)CO[Si](c2ccccc2)(c2ccccc2)C(C)(C)C)[C@](C)(O)C[C@@H](C)CN(C)[C@H](C)[C@@H](O)[C@]1(C)O. The third-order valence-corrected chi connectivity index (χ3v) is 21.3. The summed E-state index contributed by atoms with van der Waals surface area (Å²) >= 11 is 0. The van der Waals surface area contributed by atoms with Gasteiger partial charge in [-0.1, -0.05) is 102 Å². The fourth-order valence-electron chi connectivity index (χ4n) is 12.0. The molecule has 0 amide bonds. The van der Waals surface area contributed by atoms with E-state index < -0.39 is 121 Å². The van der Waals surface area contributed by atoms with E-state index >= 15 is 0 Å². The molecule has 16 nitrogen and oxygen atoms in total. The van der Waals surface area contributed by atoms with Gasteiger partial charge >= 0.3 is 11.9 Å². The van der Waals surface area contributed by atoms with Gasteiger partial charge in [-0.2, -0.15) is 0 Å². The molecule has 414 valence electrons. The molecule has 4 N–H and O–H groups in total. The molecule has 0 aliphatic carbocycles. The van der Waals surface area contributed by atoms with Crippen LogP contribution in [0.4, 0.5) is 0 Å². The number of benzene rings is 2.